The van der Waals surface area contributed by atoms with Gasteiger partial charge in [0.25, 0.3) is 0 Å². The fourth-order valence-electron chi connectivity index (χ4n) is 2.88. The van der Waals surface area contributed by atoms with E-state index in [0.717, 1.165) is 11.1 Å². The molecule has 0 unspecified atom stereocenters. The minimum Gasteiger partial charge on any atom is -0.377 e. The Kier molecular flexibility index (Phi) is 8.89. The summed E-state index contributed by atoms with van der Waals surface area (Å²) >= 11 is 0. The van der Waals surface area contributed by atoms with Gasteiger partial charge in [-0.25, -0.2) is 4.39 Å². The molecule has 3 nitrogen and oxygen atoms in total. The number of allylic oxidation sites excluding steroid dienone is 1. The van der Waals surface area contributed by atoms with E-state index in [1.54, 1.807) is 26.2 Å². The van der Waals surface area contributed by atoms with Crippen molar-refractivity contribution in [3.05, 3.63) is 83.7 Å². The van der Waals surface area contributed by atoms with Gasteiger partial charge in [-0.1, -0.05) is 54.6 Å². The molecule has 0 heterocycles. The zero-order chi connectivity index (χ0) is 19.5. The molecule has 0 radical (unpaired) electrons. The molecule has 0 spiro atoms. The fraction of sp³-hybridized carbons (Fsp3) is 0.348. The number of methoxy groups -OCH3 is 1. The van der Waals surface area contributed by atoms with Gasteiger partial charge in [-0.15, -0.1) is 0 Å². The van der Waals surface area contributed by atoms with Crippen LogP contribution in [0.2, 0.25) is 0 Å². The molecule has 2 atom stereocenters. The average Bonchev–Trinajstić information content (AvgIpc) is 2.68. The van der Waals surface area contributed by atoms with Crippen molar-refractivity contribution in [1.29, 1.82) is 0 Å². The summed E-state index contributed by atoms with van der Waals surface area (Å²) < 4.78 is 24.2. The van der Waals surface area contributed by atoms with Gasteiger partial charge in [-0.3, -0.25) is 4.79 Å². The van der Waals surface area contributed by atoms with Crippen LogP contribution in [-0.4, -0.2) is 19.5 Å². The molecular formula is C23H27FO3. The predicted octanol–water partition coefficient (Wildman–Crippen LogP) is 5.27. The van der Waals surface area contributed by atoms with Crippen LogP contribution in [0, 0.1) is 11.7 Å². The quantitative estimate of drug-likeness (QED) is 0.399. The standard InChI is InChI=1S/C23H27FO3/c1-18(25)21(16-23(26-2)20-11-13-22(24)14-12-20)10-6-7-15-27-17-19-8-4-3-5-9-19/h3-9,11-14,21,23H,10,15-17H2,1-2H3/t21-,23+/m0/s1. The lowest BCUT2D eigenvalue weighted by atomic mass is 9.91. The molecule has 0 aromatic heterocycles. The molecule has 0 bridgehead atoms. The van der Waals surface area contributed by atoms with Crippen LogP contribution < -0.4 is 0 Å². The normalized spacial score (nSPS) is 13.6. The van der Waals surface area contributed by atoms with Crippen molar-refractivity contribution in [2.45, 2.75) is 32.5 Å². The number of benzene rings is 2. The van der Waals surface area contributed by atoms with E-state index in [-0.39, 0.29) is 23.6 Å². The molecule has 0 fully saturated rings. The molecule has 0 aliphatic heterocycles. The van der Waals surface area contributed by atoms with Crippen molar-refractivity contribution in [1.82, 2.24) is 0 Å². The molecule has 4 heteroatoms. The van der Waals surface area contributed by atoms with Crippen LogP contribution in [0.5, 0.6) is 0 Å². The van der Waals surface area contributed by atoms with E-state index < -0.39 is 0 Å². The zero-order valence-electron chi connectivity index (χ0n) is 15.9. The summed E-state index contributed by atoms with van der Waals surface area (Å²) in [5.41, 5.74) is 2.01. The summed E-state index contributed by atoms with van der Waals surface area (Å²) in [6.45, 7) is 2.67. The molecule has 0 N–H and O–H groups in total. The minimum atomic E-state index is -0.282. The number of rotatable bonds is 11. The molecule has 144 valence electrons. The van der Waals surface area contributed by atoms with E-state index in [1.807, 2.05) is 42.5 Å². The van der Waals surface area contributed by atoms with Crippen molar-refractivity contribution < 1.29 is 18.7 Å². The number of carbonyl (C=O) groups is 1. The van der Waals surface area contributed by atoms with Gasteiger partial charge < -0.3 is 9.47 Å². The lowest BCUT2D eigenvalue weighted by Crippen LogP contribution is -2.16. The number of carbonyl (C=O) groups excluding carboxylic acids is 1. The highest BCUT2D eigenvalue weighted by Gasteiger charge is 2.20. The molecule has 0 amide bonds. The van der Waals surface area contributed by atoms with Crippen LogP contribution in [0.1, 0.15) is 37.0 Å². The van der Waals surface area contributed by atoms with Crippen molar-refractivity contribution in [3.8, 4) is 0 Å². The Morgan fingerprint density at radius 3 is 2.41 bits per heavy atom. The van der Waals surface area contributed by atoms with Crippen LogP contribution in [0.15, 0.2) is 66.7 Å². The Balaban J connectivity index is 1.81. The molecule has 0 saturated carbocycles. The van der Waals surface area contributed by atoms with E-state index >= 15 is 0 Å². The molecule has 2 aromatic carbocycles. The smallest absolute Gasteiger partial charge is 0.133 e. The van der Waals surface area contributed by atoms with Gasteiger partial charge in [-0.2, -0.15) is 0 Å². The predicted molar refractivity (Wildman–Crippen MR) is 105 cm³/mol. The number of Topliss-reactive ketones (excluding diaryl/α,β-unsaturated/α-hetero) is 1. The lowest BCUT2D eigenvalue weighted by Gasteiger charge is -2.20. The van der Waals surface area contributed by atoms with E-state index in [9.17, 15) is 9.18 Å². The van der Waals surface area contributed by atoms with E-state index in [2.05, 4.69) is 0 Å². The minimum absolute atomic E-state index is 0.119. The highest BCUT2D eigenvalue weighted by atomic mass is 19.1. The van der Waals surface area contributed by atoms with Crippen molar-refractivity contribution >= 4 is 5.78 Å². The molecule has 0 saturated heterocycles. The van der Waals surface area contributed by atoms with Crippen LogP contribution in [-0.2, 0) is 20.9 Å². The van der Waals surface area contributed by atoms with Crippen LogP contribution in [0.3, 0.4) is 0 Å². The van der Waals surface area contributed by atoms with Crippen LogP contribution in [0.25, 0.3) is 0 Å². The first-order chi connectivity index (χ1) is 13.1. The second kappa shape index (κ2) is 11.4. The van der Waals surface area contributed by atoms with Gasteiger partial charge in [-0.05, 0) is 43.0 Å². The Morgan fingerprint density at radius 2 is 1.78 bits per heavy atom. The van der Waals surface area contributed by atoms with Crippen LogP contribution >= 0.6 is 0 Å². The zero-order valence-corrected chi connectivity index (χ0v) is 15.9. The third kappa shape index (κ3) is 7.45. The number of hydrogen-bond donors (Lipinski definition) is 0. The Bertz CT molecular complexity index is 710. The Hall–Kier alpha value is -2.30. The molecule has 0 aliphatic carbocycles. The third-order valence-electron chi connectivity index (χ3n) is 4.51. The summed E-state index contributed by atoms with van der Waals surface area (Å²) in [5.74, 6) is -0.311. The highest BCUT2D eigenvalue weighted by molar-refractivity contribution is 5.78. The second-order valence-corrected chi connectivity index (χ2v) is 6.53. The van der Waals surface area contributed by atoms with Gasteiger partial charge in [0.15, 0.2) is 0 Å². The topological polar surface area (TPSA) is 35.5 Å². The first-order valence-electron chi connectivity index (χ1n) is 9.15. The Labute approximate surface area is 160 Å². The van der Waals surface area contributed by atoms with Crippen molar-refractivity contribution in [2.75, 3.05) is 13.7 Å². The number of ether oxygens (including phenoxy) is 2. The first-order valence-corrected chi connectivity index (χ1v) is 9.15. The monoisotopic (exact) mass is 370 g/mol. The van der Waals surface area contributed by atoms with E-state index in [1.165, 1.54) is 12.1 Å². The van der Waals surface area contributed by atoms with Gasteiger partial charge in [0.05, 0.1) is 19.3 Å². The van der Waals surface area contributed by atoms with Crippen LogP contribution in [0.4, 0.5) is 4.39 Å². The van der Waals surface area contributed by atoms with Gasteiger partial charge in [0.1, 0.15) is 11.6 Å². The maximum Gasteiger partial charge on any atom is 0.133 e. The van der Waals surface area contributed by atoms with Gasteiger partial charge in [0, 0.05) is 13.0 Å². The fourth-order valence-corrected chi connectivity index (χ4v) is 2.88. The maximum atomic E-state index is 13.1. The summed E-state index contributed by atoms with van der Waals surface area (Å²) in [6, 6.07) is 16.2. The summed E-state index contributed by atoms with van der Waals surface area (Å²) in [6.07, 6.45) is 4.88. The molecule has 27 heavy (non-hydrogen) atoms. The number of ketones is 1. The summed E-state index contributed by atoms with van der Waals surface area (Å²) in [5, 5.41) is 0. The molecular weight excluding hydrogens is 343 g/mol. The van der Waals surface area contributed by atoms with Crippen molar-refractivity contribution in [2.24, 2.45) is 5.92 Å². The second-order valence-electron chi connectivity index (χ2n) is 6.53. The van der Waals surface area contributed by atoms with E-state index in [0.29, 0.717) is 26.1 Å². The molecule has 2 aromatic rings. The third-order valence-corrected chi connectivity index (χ3v) is 4.51. The largest absolute Gasteiger partial charge is 0.377 e. The van der Waals surface area contributed by atoms with Gasteiger partial charge >= 0.3 is 0 Å². The maximum absolute atomic E-state index is 13.1. The number of halogens is 1. The highest BCUT2D eigenvalue weighted by Crippen LogP contribution is 2.27. The summed E-state index contributed by atoms with van der Waals surface area (Å²) in [4.78, 5) is 12.0. The molecule has 2 rings (SSSR count). The number of hydrogen-bond acceptors (Lipinski definition) is 3. The van der Waals surface area contributed by atoms with Gasteiger partial charge in [0.2, 0.25) is 0 Å². The first kappa shape index (κ1) is 21.0. The Morgan fingerprint density at radius 1 is 1.07 bits per heavy atom. The summed E-state index contributed by atoms with van der Waals surface area (Å²) in [7, 11) is 1.61. The van der Waals surface area contributed by atoms with E-state index in [4.69, 9.17) is 9.47 Å². The SMILES string of the molecule is CO[C@H](C[C@H](CC=CCOCc1ccccc1)C(C)=O)c1ccc(F)cc1. The average molecular weight is 370 g/mol. The lowest BCUT2D eigenvalue weighted by molar-refractivity contribution is -0.121. The van der Waals surface area contributed by atoms with Crippen molar-refractivity contribution in [3.63, 3.8) is 0 Å². The molecule has 0 aliphatic rings.